The van der Waals surface area contributed by atoms with Crippen molar-refractivity contribution in [3.05, 3.63) is 0 Å². The summed E-state index contributed by atoms with van der Waals surface area (Å²) in [5.74, 6) is 0. The molecule has 0 saturated carbocycles. The molecule has 2 atom stereocenters. The highest BCUT2D eigenvalue weighted by Gasteiger charge is 2.24. The van der Waals surface area contributed by atoms with E-state index in [1.54, 1.807) is 0 Å². The average Bonchev–Trinajstić information content (AvgIpc) is 2.88. The van der Waals surface area contributed by atoms with Crippen LogP contribution in [0.15, 0.2) is 5.16 Å². The topological polar surface area (TPSA) is 53.5 Å². The van der Waals surface area contributed by atoms with Gasteiger partial charge in [0, 0.05) is 18.0 Å². The van der Waals surface area contributed by atoms with Crippen LogP contribution >= 0.6 is 24.2 Å². The summed E-state index contributed by atoms with van der Waals surface area (Å²) in [5.41, 5.74) is 0. The molecule has 1 aromatic heterocycles. The quantitative estimate of drug-likeness (QED) is 0.819. The van der Waals surface area contributed by atoms with Gasteiger partial charge in [-0.2, -0.15) is 9.36 Å². The zero-order chi connectivity index (χ0) is 11.4. The van der Waals surface area contributed by atoms with Gasteiger partial charge in [0.15, 0.2) is 6.29 Å². The molecule has 1 aliphatic rings. The van der Waals surface area contributed by atoms with Gasteiger partial charge in [-0.25, -0.2) is 0 Å². The van der Waals surface area contributed by atoms with Gasteiger partial charge in [-0.3, -0.25) is 0 Å². The number of hydrogen-bond donors (Lipinski definition) is 1. The minimum atomic E-state index is -0.0458. The fourth-order valence-electron chi connectivity index (χ4n) is 1.41. The molecule has 1 aromatic rings. The van der Waals surface area contributed by atoms with Crippen molar-refractivity contribution in [1.29, 1.82) is 0 Å². The zero-order valence-electron chi connectivity index (χ0n) is 8.96. The van der Waals surface area contributed by atoms with Crippen LogP contribution in [0.3, 0.4) is 0 Å². The Labute approximate surface area is 104 Å². The zero-order valence-corrected chi connectivity index (χ0v) is 10.7. The van der Waals surface area contributed by atoms with Crippen LogP contribution in [0.5, 0.6) is 5.19 Å². The summed E-state index contributed by atoms with van der Waals surface area (Å²) < 4.78 is 20.3. The van der Waals surface area contributed by atoms with Crippen molar-refractivity contribution in [3.63, 3.8) is 0 Å². The Morgan fingerprint density at radius 3 is 3.12 bits per heavy atom. The second-order valence-electron chi connectivity index (χ2n) is 3.43. The Hall–Kier alpha value is -0.370. The molecule has 0 aliphatic carbocycles. The van der Waals surface area contributed by atoms with E-state index in [4.69, 9.17) is 14.2 Å². The largest absolute Gasteiger partial charge is 0.469 e. The summed E-state index contributed by atoms with van der Waals surface area (Å²) >= 11 is 5.21. The van der Waals surface area contributed by atoms with E-state index in [1.165, 1.54) is 11.5 Å². The highest BCUT2D eigenvalue weighted by Crippen LogP contribution is 2.19. The van der Waals surface area contributed by atoms with Gasteiger partial charge in [0.2, 0.25) is 5.16 Å². The fourth-order valence-corrected chi connectivity index (χ4v) is 2.16. The number of hydrogen-bond acceptors (Lipinski definition) is 7. The van der Waals surface area contributed by atoms with Crippen LogP contribution in [-0.4, -0.2) is 35.0 Å². The normalized spacial score (nSPS) is 24.9. The molecule has 7 heteroatoms. The lowest BCUT2D eigenvalue weighted by Gasteiger charge is -2.09. The average molecular weight is 262 g/mol. The first kappa shape index (κ1) is 12.1. The molecule has 0 radical (unpaired) electrons. The van der Waals surface area contributed by atoms with Crippen molar-refractivity contribution in [2.45, 2.75) is 37.3 Å². The third-order valence-corrected chi connectivity index (χ3v) is 3.17. The monoisotopic (exact) mass is 262 g/mol. The minimum Gasteiger partial charge on any atom is -0.469 e. The molecule has 1 aliphatic heterocycles. The molecule has 16 heavy (non-hydrogen) atoms. The lowest BCUT2D eigenvalue weighted by molar-refractivity contribution is -0.0608. The summed E-state index contributed by atoms with van der Waals surface area (Å²) in [6.45, 7) is 3.25. The molecule has 1 fully saturated rings. The van der Waals surface area contributed by atoms with Crippen molar-refractivity contribution in [2.24, 2.45) is 0 Å². The minimum absolute atomic E-state index is 0.0458. The van der Waals surface area contributed by atoms with Crippen LogP contribution in [0.25, 0.3) is 0 Å². The Bertz CT molecular complexity index is 334. The van der Waals surface area contributed by atoms with E-state index in [0.29, 0.717) is 23.6 Å². The van der Waals surface area contributed by atoms with Crippen LogP contribution in [0.4, 0.5) is 0 Å². The molecule has 0 N–H and O–H groups in total. The van der Waals surface area contributed by atoms with Crippen LogP contribution in [0.1, 0.15) is 19.8 Å². The van der Waals surface area contributed by atoms with Crippen LogP contribution in [0, 0.1) is 0 Å². The van der Waals surface area contributed by atoms with Crippen molar-refractivity contribution in [3.8, 4) is 5.19 Å². The van der Waals surface area contributed by atoms with E-state index < -0.39 is 0 Å². The Morgan fingerprint density at radius 2 is 2.50 bits per heavy atom. The van der Waals surface area contributed by atoms with Gasteiger partial charge in [0.25, 0.3) is 5.19 Å². The number of nitrogens with zero attached hydrogens (tertiary/aromatic N) is 2. The van der Waals surface area contributed by atoms with E-state index >= 15 is 0 Å². The van der Waals surface area contributed by atoms with Crippen molar-refractivity contribution in [1.82, 2.24) is 9.36 Å². The molecule has 0 amide bonds. The van der Waals surface area contributed by atoms with E-state index in [1.807, 2.05) is 6.92 Å². The van der Waals surface area contributed by atoms with Crippen LogP contribution in [0.2, 0.25) is 0 Å². The molecule has 0 bridgehead atoms. The highest BCUT2D eigenvalue weighted by atomic mass is 32.1. The molecule has 90 valence electrons. The third kappa shape index (κ3) is 3.31. The molecule has 2 unspecified atom stereocenters. The summed E-state index contributed by atoms with van der Waals surface area (Å²) in [5, 5.41) is 1.00. The van der Waals surface area contributed by atoms with E-state index in [9.17, 15) is 0 Å². The van der Waals surface area contributed by atoms with Gasteiger partial charge in [-0.1, -0.05) is 6.92 Å². The number of aromatic nitrogens is 2. The van der Waals surface area contributed by atoms with Gasteiger partial charge in [-0.15, -0.1) is 12.6 Å². The summed E-state index contributed by atoms with van der Waals surface area (Å²) in [7, 11) is 0. The van der Waals surface area contributed by atoms with Gasteiger partial charge in [0.05, 0.1) is 19.3 Å². The van der Waals surface area contributed by atoms with Crippen molar-refractivity contribution < 1.29 is 14.2 Å². The van der Waals surface area contributed by atoms with Crippen LogP contribution in [-0.2, 0) is 9.47 Å². The molecule has 1 saturated heterocycles. The number of thiol groups is 1. The first-order valence-corrected chi connectivity index (χ1v) is 6.42. The van der Waals surface area contributed by atoms with Gasteiger partial charge in [0.1, 0.15) is 0 Å². The lowest BCUT2D eigenvalue weighted by Crippen LogP contribution is -2.15. The van der Waals surface area contributed by atoms with E-state index in [-0.39, 0.29) is 12.4 Å². The second-order valence-corrected chi connectivity index (χ2v) is 4.54. The summed E-state index contributed by atoms with van der Waals surface area (Å²) in [6.07, 6.45) is 1.78. The van der Waals surface area contributed by atoms with Crippen LogP contribution < -0.4 is 4.74 Å². The van der Waals surface area contributed by atoms with Gasteiger partial charge >= 0.3 is 0 Å². The maximum Gasteiger partial charge on any atom is 0.293 e. The standard InChI is InChI=1S/C9H14N2O3S2/c1-2-7-13-5-6(14-7)3-4-12-9-10-8(15)11-16-9/h6-7H,2-5H2,1H3,(H,11,15). The molecular formula is C9H14N2O3S2. The van der Waals surface area contributed by atoms with Crippen molar-refractivity contribution in [2.75, 3.05) is 13.2 Å². The fraction of sp³-hybridized carbons (Fsp3) is 0.778. The van der Waals surface area contributed by atoms with E-state index in [0.717, 1.165) is 12.8 Å². The maximum absolute atomic E-state index is 5.60. The van der Waals surface area contributed by atoms with Gasteiger partial charge < -0.3 is 14.2 Å². The number of ether oxygens (including phenoxy) is 3. The summed E-state index contributed by atoms with van der Waals surface area (Å²) in [4.78, 5) is 3.98. The Balaban J connectivity index is 1.65. The third-order valence-electron chi connectivity index (χ3n) is 2.21. The van der Waals surface area contributed by atoms with Crippen molar-refractivity contribution >= 4 is 24.2 Å². The molecule has 2 heterocycles. The first-order valence-electron chi connectivity index (χ1n) is 5.20. The van der Waals surface area contributed by atoms with Gasteiger partial charge in [-0.05, 0) is 6.42 Å². The Kier molecular flexibility index (Phi) is 4.39. The SMILES string of the molecule is CCC1OCC(CCOc2nc(S)ns2)O1. The molecule has 5 nitrogen and oxygen atoms in total. The Morgan fingerprint density at radius 1 is 1.62 bits per heavy atom. The second kappa shape index (κ2) is 5.81. The molecular weight excluding hydrogens is 248 g/mol. The summed E-state index contributed by atoms with van der Waals surface area (Å²) in [6, 6.07) is 0. The lowest BCUT2D eigenvalue weighted by atomic mass is 10.3. The molecule has 0 aromatic carbocycles. The smallest absolute Gasteiger partial charge is 0.293 e. The maximum atomic E-state index is 5.60. The predicted molar refractivity (Wildman–Crippen MR) is 62.2 cm³/mol. The predicted octanol–water partition coefficient (Wildman–Crippen LogP) is 1.75. The van der Waals surface area contributed by atoms with E-state index in [2.05, 4.69) is 22.0 Å². The first-order chi connectivity index (χ1) is 7.78. The number of rotatable bonds is 5. The molecule has 0 spiro atoms. The molecule has 2 rings (SSSR count). The highest BCUT2D eigenvalue weighted by molar-refractivity contribution is 7.80.